The van der Waals surface area contributed by atoms with Crippen molar-refractivity contribution < 1.29 is 5.11 Å². The molecule has 1 nitrogen and oxygen atoms in total. The molecule has 0 aliphatic rings. The van der Waals surface area contributed by atoms with Crippen molar-refractivity contribution in [2.24, 2.45) is 5.92 Å². The molecule has 0 saturated carbocycles. The first-order chi connectivity index (χ1) is 6.74. The van der Waals surface area contributed by atoms with Crippen LogP contribution in [0.3, 0.4) is 0 Å². The van der Waals surface area contributed by atoms with E-state index in [1.165, 1.54) is 0 Å². The minimum Gasteiger partial charge on any atom is -0.388 e. The molecule has 0 amide bonds. The Kier molecular flexibility index (Phi) is 4.14. The molecule has 1 heteroatoms. The number of hydrogen-bond acceptors (Lipinski definition) is 1. The fourth-order valence-electron chi connectivity index (χ4n) is 1.09. The predicted octanol–water partition coefficient (Wildman–Crippen LogP) is 2.88. The molecular weight excluding hydrogens is 172 g/mol. The summed E-state index contributed by atoms with van der Waals surface area (Å²) in [5, 5.41) is 9.62. The molecule has 1 rings (SSSR count). The van der Waals surface area contributed by atoms with Crippen LogP contribution in [0.25, 0.3) is 6.08 Å². The van der Waals surface area contributed by atoms with Gasteiger partial charge in [-0.15, -0.1) is 6.58 Å². The van der Waals surface area contributed by atoms with Crippen LogP contribution in [0, 0.1) is 5.92 Å². The van der Waals surface area contributed by atoms with Gasteiger partial charge in [0.2, 0.25) is 0 Å². The first kappa shape index (κ1) is 10.7. The van der Waals surface area contributed by atoms with Crippen molar-refractivity contribution in [1.29, 1.82) is 0 Å². The molecule has 14 heavy (non-hydrogen) atoms. The van der Waals surface area contributed by atoms with Crippen LogP contribution in [0.5, 0.6) is 0 Å². The average Bonchev–Trinajstić information content (AvgIpc) is 2.26. The molecule has 0 radical (unpaired) electrons. The van der Waals surface area contributed by atoms with Crippen molar-refractivity contribution in [3.8, 4) is 0 Å². The standard InChI is InChI=1S/C13H16O/c1-3-11(2)13(14)10-9-12-7-5-4-6-8-12/h3-11,13-14H,1H2,2H3/b10-9+/t11-,13+/m1/s1. The molecule has 0 aromatic heterocycles. The van der Waals surface area contributed by atoms with Gasteiger partial charge < -0.3 is 5.11 Å². The summed E-state index contributed by atoms with van der Waals surface area (Å²) in [6, 6.07) is 9.93. The fraction of sp³-hybridized carbons (Fsp3) is 0.231. The zero-order valence-corrected chi connectivity index (χ0v) is 8.43. The van der Waals surface area contributed by atoms with Crippen LogP contribution in [0.2, 0.25) is 0 Å². The van der Waals surface area contributed by atoms with Gasteiger partial charge in [0, 0.05) is 5.92 Å². The van der Waals surface area contributed by atoms with E-state index < -0.39 is 6.10 Å². The molecule has 0 spiro atoms. The van der Waals surface area contributed by atoms with E-state index in [4.69, 9.17) is 0 Å². The number of benzene rings is 1. The number of rotatable bonds is 4. The van der Waals surface area contributed by atoms with Crippen LogP contribution >= 0.6 is 0 Å². The topological polar surface area (TPSA) is 20.2 Å². The average molecular weight is 188 g/mol. The predicted molar refractivity (Wildman–Crippen MR) is 60.8 cm³/mol. The van der Waals surface area contributed by atoms with Crippen molar-refractivity contribution in [3.05, 3.63) is 54.6 Å². The van der Waals surface area contributed by atoms with Gasteiger partial charge in [-0.05, 0) is 5.56 Å². The minimum atomic E-state index is -0.451. The van der Waals surface area contributed by atoms with Gasteiger partial charge in [0.1, 0.15) is 0 Å². The van der Waals surface area contributed by atoms with Crippen LogP contribution in [0.4, 0.5) is 0 Å². The number of aliphatic hydroxyl groups excluding tert-OH is 1. The molecule has 2 atom stereocenters. The van der Waals surface area contributed by atoms with E-state index in [-0.39, 0.29) is 5.92 Å². The van der Waals surface area contributed by atoms with Crippen LogP contribution in [0.1, 0.15) is 12.5 Å². The maximum absolute atomic E-state index is 9.62. The van der Waals surface area contributed by atoms with E-state index in [0.29, 0.717) is 0 Å². The molecule has 0 aliphatic heterocycles. The van der Waals surface area contributed by atoms with E-state index in [2.05, 4.69) is 6.58 Å². The molecule has 0 aliphatic carbocycles. The molecule has 0 heterocycles. The van der Waals surface area contributed by atoms with Gasteiger partial charge in [-0.25, -0.2) is 0 Å². The molecule has 1 N–H and O–H groups in total. The van der Waals surface area contributed by atoms with E-state index in [0.717, 1.165) is 5.56 Å². The molecule has 1 aromatic rings. The Labute approximate surface area is 85.4 Å². The first-order valence-corrected chi connectivity index (χ1v) is 4.78. The minimum absolute atomic E-state index is 0.0926. The Balaban J connectivity index is 2.60. The van der Waals surface area contributed by atoms with Crippen LogP contribution < -0.4 is 0 Å². The molecule has 0 fully saturated rings. The highest BCUT2D eigenvalue weighted by Crippen LogP contribution is 2.08. The van der Waals surface area contributed by atoms with E-state index >= 15 is 0 Å². The highest BCUT2D eigenvalue weighted by molar-refractivity contribution is 5.49. The van der Waals surface area contributed by atoms with Gasteiger partial charge in [0.25, 0.3) is 0 Å². The Morgan fingerprint density at radius 3 is 2.50 bits per heavy atom. The summed E-state index contributed by atoms with van der Waals surface area (Å²) in [6.07, 6.45) is 5.01. The zero-order valence-electron chi connectivity index (χ0n) is 8.43. The summed E-state index contributed by atoms with van der Waals surface area (Å²) < 4.78 is 0. The van der Waals surface area contributed by atoms with Gasteiger partial charge in [0.15, 0.2) is 0 Å². The third-order valence-corrected chi connectivity index (χ3v) is 2.20. The van der Waals surface area contributed by atoms with E-state index in [9.17, 15) is 5.11 Å². The lowest BCUT2D eigenvalue weighted by molar-refractivity contribution is 0.186. The summed E-state index contributed by atoms with van der Waals surface area (Å²) in [7, 11) is 0. The quantitative estimate of drug-likeness (QED) is 0.720. The second-order valence-electron chi connectivity index (χ2n) is 3.36. The molecule has 0 saturated heterocycles. The van der Waals surface area contributed by atoms with Crippen molar-refractivity contribution in [3.63, 3.8) is 0 Å². The maximum atomic E-state index is 9.62. The smallest absolute Gasteiger partial charge is 0.0783 e. The number of aliphatic hydroxyl groups is 1. The molecule has 1 aromatic carbocycles. The van der Waals surface area contributed by atoms with Gasteiger partial charge in [-0.2, -0.15) is 0 Å². The van der Waals surface area contributed by atoms with Crippen LogP contribution in [0.15, 0.2) is 49.1 Å². The SMILES string of the molecule is C=C[C@@H](C)[C@@H](O)/C=C/c1ccccc1. The first-order valence-electron chi connectivity index (χ1n) is 4.78. The van der Waals surface area contributed by atoms with E-state index in [1.807, 2.05) is 43.3 Å². The highest BCUT2D eigenvalue weighted by atomic mass is 16.3. The molecule has 0 unspecified atom stereocenters. The summed E-state index contributed by atoms with van der Waals surface area (Å²) in [5.74, 6) is 0.0926. The second kappa shape index (κ2) is 5.40. The van der Waals surface area contributed by atoms with Crippen molar-refractivity contribution >= 4 is 6.08 Å². The Hall–Kier alpha value is -1.34. The lowest BCUT2D eigenvalue weighted by atomic mass is 10.0. The van der Waals surface area contributed by atoms with Crippen molar-refractivity contribution in [2.75, 3.05) is 0 Å². The highest BCUT2D eigenvalue weighted by Gasteiger charge is 2.05. The number of hydrogen-bond donors (Lipinski definition) is 1. The Bertz CT molecular complexity index is 300. The normalized spacial score (nSPS) is 15.3. The summed E-state index contributed by atoms with van der Waals surface area (Å²) in [6.45, 7) is 5.58. The second-order valence-corrected chi connectivity index (χ2v) is 3.36. The van der Waals surface area contributed by atoms with Gasteiger partial charge >= 0.3 is 0 Å². The summed E-state index contributed by atoms with van der Waals surface area (Å²) >= 11 is 0. The van der Waals surface area contributed by atoms with Crippen LogP contribution in [-0.2, 0) is 0 Å². The molecule has 0 bridgehead atoms. The van der Waals surface area contributed by atoms with Gasteiger partial charge in [-0.3, -0.25) is 0 Å². The Morgan fingerprint density at radius 1 is 1.29 bits per heavy atom. The third kappa shape index (κ3) is 3.19. The fourth-order valence-corrected chi connectivity index (χ4v) is 1.09. The lowest BCUT2D eigenvalue weighted by Crippen LogP contribution is -2.11. The summed E-state index contributed by atoms with van der Waals surface area (Å²) in [5.41, 5.74) is 1.10. The van der Waals surface area contributed by atoms with Gasteiger partial charge in [0.05, 0.1) is 6.10 Å². The Morgan fingerprint density at radius 2 is 1.93 bits per heavy atom. The lowest BCUT2D eigenvalue weighted by Gasteiger charge is -2.09. The maximum Gasteiger partial charge on any atom is 0.0783 e. The zero-order chi connectivity index (χ0) is 10.4. The van der Waals surface area contributed by atoms with Crippen LogP contribution in [-0.4, -0.2) is 11.2 Å². The molecule has 74 valence electrons. The largest absolute Gasteiger partial charge is 0.388 e. The van der Waals surface area contributed by atoms with Gasteiger partial charge in [-0.1, -0.05) is 55.5 Å². The monoisotopic (exact) mass is 188 g/mol. The van der Waals surface area contributed by atoms with Crippen molar-refractivity contribution in [2.45, 2.75) is 13.0 Å². The summed E-state index contributed by atoms with van der Waals surface area (Å²) in [4.78, 5) is 0. The van der Waals surface area contributed by atoms with E-state index in [1.54, 1.807) is 12.2 Å². The van der Waals surface area contributed by atoms with Crippen molar-refractivity contribution in [1.82, 2.24) is 0 Å². The molecular formula is C13H16O. The third-order valence-electron chi connectivity index (χ3n) is 2.20.